The molecule has 0 N–H and O–H groups in total. The van der Waals surface area contributed by atoms with E-state index in [-0.39, 0.29) is 0 Å². The first kappa shape index (κ1) is 13.3. The van der Waals surface area contributed by atoms with Gasteiger partial charge in [0.1, 0.15) is 6.33 Å². The Labute approximate surface area is 142 Å². The molecule has 4 aromatic rings. The average molecular weight is 332 g/mol. The van der Waals surface area contributed by atoms with Gasteiger partial charge in [0.15, 0.2) is 0 Å². The highest BCUT2D eigenvalue weighted by Crippen LogP contribution is 2.50. The molecular weight excluding hydrogens is 320 g/mol. The second kappa shape index (κ2) is 5.18. The molecule has 23 heavy (non-hydrogen) atoms. The fraction of sp³-hybridized carbons (Fsp3) is 0. The average Bonchev–Trinajstić information content (AvgIpc) is 3.03. The molecule has 0 fully saturated rings. The van der Waals surface area contributed by atoms with E-state index in [0.717, 1.165) is 11.0 Å². The Hall–Kier alpha value is -2.17. The summed E-state index contributed by atoms with van der Waals surface area (Å²) < 4.78 is 2.19. The third-order valence-corrected chi connectivity index (χ3v) is 6.56. The second-order valence-electron chi connectivity index (χ2n) is 5.36. The molecule has 1 aliphatic rings. The number of rotatable bonds is 1. The van der Waals surface area contributed by atoms with Crippen molar-refractivity contribution >= 4 is 34.6 Å². The van der Waals surface area contributed by atoms with Crippen LogP contribution in [-0.4, -0.2) is 9.55 Å². The van der Waals surface area contributed by atoms with Gasteiger partial charge < -0.3 is 0 Å². The Morgan fingerprint density at radius 2 is 1.43 bits per heavy atom. The van der Waals surface area contributed by atoms with E-state index in [1.807, 2.05) is 35.9 Å². The van der Waals surface area contributed by atoms with Gasteiger partial charge in [-0.25, -0.2) is 4.98 Å². The minimum Gasteiger partial charge on any atom is -0.298 e. The van der Waals surface area contributed by atoms with Gasteiger partial charge in [-0.2, -0.15) is 0 Å². The van der Waals surface area contributed by atoms with Crippen LogP contribution < -0.4 is 0 Å². The molecule has 0 atom stereocenters. The van der Waals surface area contributed by atoms with Gasteiger partial charge in [-0.3, -0.25) is 4.57 Å². The van der Waals surface area contributed by atoms with Crippen LogP contribution in [0.2, 0.25) is 0 Å². The first-order valence-corrected chi connectivity index (χ1v) is 9.04. The van der Waals surface area contributed by atoms with Crippen LogP contribution in [0.3, 0.4) is 0 Å². The number of para-hydroxylation sites is 2. The number of imidazole rings is 1. The highest BCUT2D eigenvalue weighted by Gasteiger charge is 2.20. The van der Waals surface area contributed by atoms with Gasteiger partial charge in [-0.05, 0) is 36.4 Å². The molecule has 0 spiro atoms. The predicted octanol–water partition coefficient (Wildman–Crippen LogP) is 5.64. The first-order valence-electron chi connectivity index (χ1n) is 7.40. The van der Waals surface area contributed by atoms with Gasteiger partial charge in [-0.1, -0.05) is 53.9 Å². The molecule has 2 heterocycles. The Morgan fingerprint density at radius 3 is 2.35 bits per heavy atom. The molecule has 2 nitrogen and oxygen atoms in total. The molecule has 5 rings (SSSR count). The number of nitrogens with zero attached hydrogens (tertiary/aromatic N) is 2. The van der Waals surface area contributed by atoms with Crippen molar-refractivity contribution in [1.29, 1.82) is 0 Å². The van der Waals surface area contributed by atoms with Crippen LogP contribution in [0.5, 0.6) is 0 Å². The van der Waals surface area contributed by atoms with E-state index in [0.29, 0.717) is 0 Å². The smallest absolute Gasteiger partial charge is 0.100 e. The van der Waals surface area contributed by atoms with Crippen molar-refractivity contribution in [3.8, 4) is 5.69 Å². The standard InChI is InChI=1S/C19H12N2S2/c1-2-7-14-13(6-1)20-12-21(14)15-8-5-11-18-19(15)23-17-10-4-3-9-16(17)22-18/h1-12H. The van der Waals surface area contributed by atoms with Crippen LogP contribution in [0.15, 0.2) is 92.6 Å². The monoisotopic (exact) mass is 332 g/mol. The summed E-state index contributed by atoms with van der Waals surface area (Å²) in [5, 5.41) is 0. The molecule has 0 amide bonds. The molecule has 0 unspecified atom stereocenters. The van der Waals surface area contributed by atoms with Gasteiger partial charge in [0, 0.05) is 14.7 Å². The number of hydrogen-bond donors (Lipinski definition) is 0. The van der Waals surface area contributed by atoms with Crippen molar-refractivity contribution in [2.75, 3.05) is 0 Å². The Morgan fingerprint density at radius 1 is 0.696 bits per heavy atom. The number of hydrogen-bond acceptors (Lipinski definition) is 3. The summed E-state index contributed by atoms with van der Waals surface area (Å²) in [5.41, 5.74) is 3.37. The van der Waals surface area contributed by atoms with E-state index in [1.165, 1.54) is 25.3 Å². The largest absolute Gasteiger partial charge is 0.298 e. The lowest BCUT2D eigenvalue weighted by Crippen LogP contribution is -1.98. The molecule has 0 bridgehead atoms. The van der Waals surface area contributed by atoms with Crippen LogP contribution >= 0.6 is 23.5 Å². The summed E-state index contributed by atoms with van der Waals surface area (Å²) in [6, 6.07) is 23.4. The maximum Gasteiger partial charge on any atom is 0.100 e. The topological polar surface area (TPSA) is 17.8 Å². The minimum absolute atomic E-state index is 1.03. The lowest BCUT2D eigenvalue weighted by atomic mass is 10.3. The molecule has 0 aliphatic carbocycles. The van der Waals surface area contributed by atoms with Crippen LogP contribution in [0.4, 0.5) is 0 Å². The van der Waals surface area contributed by atoms with E-state index in [2.05, 4.69) is 70.2 Å². The van der Waals surface area contributed by atoms with E-state index < -0.39 is 0 Å². The summed E-state index contributed by atoms with van der Waals surface area (Å²) in [6.45, 7) is 0. The van der Waals surface area contributed by atoms with Crippen LogP contribution in [-0.2, 0) is 0 Å². The summed E-state index contributed by atoms with van der Waals surface area (Å²) >= 11 is 3.69. The third kappa shape index (κ3) is 2.10. The van der Waals surface area contributed by atoms with Gasteiger partial charge in [0.2, 0.25) is 0 Å². The van der Waals surface area contributed by atoms with E-state index in [1.54, 1.807) is 0 Å². The van der Waals surface area contributed by atoms with E-state index >= 15 is 0 Å². The number of aromatic nitrogens is 2. The highest BCUT2D eigenvalue weighted by molar-refractivity contribution is 8.05. The van der Waals surface area contributed by atoms with Crippen LogP contribution in [0, 0.1) is 0 Å². The Kier molecular flexibility index (Phi) is 2.99. The Balaban J connectivity index is 1.72. The maximum absolute atomic E-state index is 4.54. The molecule has 1 aliphatic heterocycles. The molecule has 110 valence electrons. The lowest BCUT2D eigenvalue weighted by molar-refractivity contribution is 1.01. The summed E-state index contributed by atoms with van der Waals surface area (Å²) in [5.74, 6) is 0. The zero-order chi connectivity index (χ0) is 15.2. The zero-order valence-electron chi connectivity index (χ0n) is 12.1. The summed E-state index contributed by atoms with van der Waals surface area (Å²) in [7, 11) is 0. The zero-order valence-corrected chi connectivity index (χ0v) is 13.8. The van der Waals surface area contributed by atoms with E-state index in [4.69, 9.17) is 0 Å². The van der Waals surface area contributed by atoms with Crippen LogP contribution in [0.25, 0.3) is 16.7 Å². The SMILES string of the molecule is c1ccc2c(c1)Sc1cccc(-n3cnc4ccccc43)c1S2. The molecule has 0 radical (unpaired) electrons. The quantitative estimate of drug-likeness (QED) is 0.395. The molecule has 0 saturated heterocycles. The second-order valence-corrected chi connectivity index (χ2v) is 7.49. The fourth-order valence-electron chi connectivity index (χ4n) is 2.88. The van der Waals surface area contributed by atoms with Crippen molar-refractivity contribution in [2.45, 2.75) is 19.6 Å². The van der Waals surface area contributed by atoms with Gasteiger partial charge in [-0.15, -0.1) is 0 Å². The highest BCUT2D eigenvalue weighted by atomic mass is 32.2. The van der Waals surface area contributed by atoms with Gasteiger partial charge in [0.05, 0.1) is 21.6 Å². The van der Waals surface area contributed by atoms with Crippen molar-refractivity contribution < 1.29 is 0 Å². The molecular formula is C19H12N2S2. The predicted molar refractivity (Wildman–Crippen MR) is 95.8 cm³/mol. The molecule has 4 heteroatoms. The minimum atomic E-state index is 1.03. The van der Waals surface area contributed by atoms with Crippen molar-refractivity contribution in [3.63, 3.8) is 0 Å². The van der Waals surface area contributed by atoms with E-state index in [9.17, 15) is 0 Å². The van der Waals surface area contributed by atoms with Crippen molar-refractivity contribution in [1.82, 2.24) is 9.55 Å². The van der Waals surface area contributed by atoms with Gasteiger partial charge in [0.25, 0.3) is 0 Å². The summed E-state index contributed by atoms with van der Waals surface area (Å²) in [6.07, 6.45) is 1.92. The lowest BCUT2D eigenvalue weighted by Gasteiger charge is -2.21. The number of benzene rings is 3. The van der Waals surface area contributed by atoms with Crippen molar-refractivity contribution in [3.05, 3.63) is 73.1 Å². The first-order chi connectivity index (χ1) is 11.4. The Bertz CT molecular complexity index is 1040. The fourth-order valence-corrected chi connectivity index (χ4v) is 5.25. The maximum atomic E-state index is 4.54. The molecule has 0 saturated carbocycles. The van der Waals surface area contributed by atoms with Crippen LogP contribution in [0.1, 0.15) is 0 Å². The third-order valence-electron chi connectivity index (χ3n) is 3.95. The van der Waals surface area contributed by atoms with Gasteiger partial charge >= 0.3 is 0 Å². The summed E-state index contributed by atoms with van der Waals surface area (Å²) in [4.78, 5) is 9.80. The molecule has 1 aromatic heterocycles. The normalized spacial score (nSPS) is 12.9. The number of fused-ring (bicyclic) bond motifs is 3. The van der Waals surface area contributed by atoms with Crippen molar-refractivity contribution in [2.24, 2.45) is 0 Å². The molecule has 3 aromatic carbocycles.